The summed E-state index contributed by atoms with van der Waals surface area (Å²) in [6, 6.07) is 9.20. The number of likely N-dealkylation sites (N-methyl/N-ethyl adjacent to an activating group) is 1. The molecule has 0 saturated carbocycles. The summed E-state index contributed by atoms with van der Waals surface area (Å²) in [7, 11) is 1.97. The van der Waals surface area contributed by atoms with E-state index < -0.39 is 23.6 Å². The second-order valence-electron chi connectivity index (χ2n) is 8.67. The van der Waals surface area contributed by atoms with E-state index in [4.69, 9.17) is 5.73 Å². The van der Waals surface area contributed by atoms with Crippen LogP contribution in [0.4, 0.5) is 20.3 Å². The highest BCUT2D eigenvalue weighted by molar-refractivity contribution is 6.00. The highest BCUT2D eigenvalue weighted by atomic mass is 19.1. The molecule has 0 spiro atoms. The van der Waals surface area contributed by atoms with Crippen molar-refractivity contribution < 1.29 is 23.5 Å². The van der Waals surface area contributed by atoms with E-state index >= 15 is 0 Å². The molecule has 1 aliphatic rings. The van der Waals surface area contributed by atoms with Gasteiger partial charge in [-0.3, -0.25) is 9.59 Å². The van der Waals surface area contributed by atoms with Crippen LogP contribution in [0.2, 0.25) is 0 Å². The minimum absolute atomic E-state index is 0.0689. The van der Waals surface area contributed by atoms with Crippen LogP contribution in [-0.4, -0.2) is 53.0 Å². The summed E-state index contributed by atoms with van der Waals surface area (Å²) >= 11 is 0. The van der Waals surface area contributed by atoms with Gasteiger partial charge in [0.25, 0.3) is 11.8 Å². The normalized spacial score (nSPS) is 14.8. The van der Waals surface area contributed by atoms with Crippen molar-refractivity contribution in [2.24, 2.45) is 0 Å². The average Bonchev–Trinajstić information content (AvgIpc) is 2.77. The number of nitrogen functional groups attached to an aromatic ring is 1. The van der Waals surface area contributed by atoms with Gasteiger partial charge in [-0.2, -0.15) is 0 Å². The number of likely N-dealkylation sites (tertiary alicyclic amines) is 1. The summed E-state index contributed by atoms with van der Waals surface area (Å²) in [4.78, 5) is 31.3. The SMILES string of the molecule is Cc1cc(NC(=O)[C@H](O)c2cc(F)cc(F)c2)ccc1-c1cnc(N)c(C(=O)NC2CN(C)C2)c1. The van der Waals surface area contributed by atoms with Crippen molar-refractivity contribution in [3.05, 3.63) is 77.0 Å². The third kappa shape index (κ3) is 5.44. The molecule has 0 radical (unpaired) electrons. The summed E-state index contributed by atoms with van der Waals surface area (Å²) in [6.45, 7) is 3.35. The molecule has 3 aromatic rings. The summed E-state index contributed by atoms with van der Waals surface area (Å²) in [5.74, 6) is -2.78. The zero-order chi connectivity index (χ0) is 25.3. The number of aliphatic hydroxyl groups excluding tert-OH is 1. The van der Waals surface area contributed by atoms with Gasteiger partial charge in [0, 0.05) is 36.6 Å². The lowest BCUT2D eigenvalue weighted by atomic mass is 9.99. The summed E-state index contributed by atoms with van der Waals surface area (Å²) in [5.41, 5.74) is 8.59. The summed E-state index contributed by atoms with van der Waals surface area (Å²) < 4.78 is 26.8. The van der Waals surface area contributed by atoms with Crippen LogP contribution in [-0.2, 0) is 4.79 Å². The lowest BCUT2D eigenvalue weighted by Gasteiger charge is -2.36. The third-order valence-corrected chi connectivity index (χ3v) is 5.82. The Balaban J connectivity index is 1.50. The van der Waals surface area contributed by atoms with Crippen molar-refractivity contribution in [1.82, 2.24) is 15.2 Å². The fourth-order valence-electron chi connectivity index (χ4n) is 4.02. The van der Waals surface area contributed by atoms with Crippen LogP contribution in [0, 0.1) is 18.6 Å². The minimum Gasteiger partial charge on any atom is -0.383 e. The maximum atomic E-state index is 13.4. The Hall–Kier alpha value is -3.89. The van der Waals surface area contributed by atoms with Crippen LogP contribution >= 0.6 is 0 Å². The van der Waals surface area contributed by atoms with Crippen LogP contribution in [0.3, 0.4) is 0 Å². The number of rotatable bonds is 6. The number of nitrogens with one attached hydrogen (secondary N) is 2. The van der Waals surface area contributed by atoms with E-state index in [1.54, 1.807) is 30.5 Å². The van der Waals surface area contributed by atoms with Crippen LogP contribution in [0.15, 0.2) is 48.7 Å². The van der Waals surface area contributed by atoms with Crippen LogP contribution in [0.1, 0.15) is 27.6 Å². The number of hydrogen-bond acceptors (Lipinski definition) is 6. The van der Waals surface area contributed by atoms with E-state index in [1.807, 2.05) is 14.0 Å². The molecule has 2 aromatic carbocycles. The van der Waals surface area contributed by atoms with E-state index in [2.05, 4.69) is 20.5 Å². The lowest BCUT2D eigenvalue weighted by molar-refractivity contribution is -0.124. The van der Waals surface area contributed by atoms with E-state index in [0.717, 1.165) is 36.3 Å². The van der Waals surface area contributed by atoms with Gasteiger partial charge in [0.15, 0.2) is 6.10 Å². The first-order chi connectivity index (χ1) is 16.6. The number of pyridine rings is 1. The molecule has 0 unspecified atom stereocenters. The molecule has 2 heterocycles. The van der Waals surface area contributed by atoms with Gasteiger partial charge >= 0.3 is 0 Å². The fraction of sp³-hybridized carbons (Fsp3) is 0.240. The number of benzene rings is 2. The largest absolute Gasteiger partial charge is 0.383 e. The standard InChI is InChI=1S/C25H25F2N5O3/c1-13-5-18(30-25(35)22(33)14-6-16(26)9-17(27)7-14)3-4-20(13)15-8-21(23(28)29-10-15)24(34)31-19-11-32(2)12-19/h3-10,19,22,33H,11-12H2,1-2H3,(H2,28,29)(H,30,35)(H,31,34)/t22-/m1/s1. The minimum atomic E-state index is -1.75. The smallest absolute Gasteiger partial charge is 0.257 e. The van der Waals surface area contributed by atoms with Crippen molar-refractivity contribution in [1.29, 1.82) is 0 Å². The van der Waals surface area contributed by atoms with Gasteiger partial charge in [0.1, 0.15) is 17.5 Å². The number of aryl methyl sites for hydroxylation is 1. The highest BCUT2D eigenvalue weighted by Gasteiger charge is 2.26. The molecule has 1 saturated heterocycles. The van der Waals surface area contributed by atoms with E-state index in [-0.39, 0.29) is 28.9 Å². The Kier molecular flexibility index (Phi) is 6.77. The Labute approximate surface area is 200 Å². The predicted molar refractivity (Wildman–Crippen MR) is 128 cm³/mol. The Morgan fingerprint density at radius 1 is 1.14 bits per heavy atom. The third-order valence-electron chi connectivity index (χ3n) is 5.82. The predicted octanol–water partition coefficient (Wildman–Crippen LogP) is 2.63. The number of anilines is 2. The van der Waals surface area contributed by atoms with Crippen molar-refractivity contribution >= 4 is 23.3 Å². The number of nitrogens with zero attached hydrogens (tertiary/aromatic N) is 2. The highest BCUT2D eigenvalue weighted by Crippen LogP contribution is 2.28. The van der Waals surface area contributed by atoms with E-state index in [9.17, 15) is 23.5 Å². The second kappa shape index (κ2) is 9.77. The first-order valence-corrected chi connectivity index (χ1v) is 10.9. The number of aromatic nitrogens is 1. The Bertz CT molecular complexity index is 1270. The molecule has 1 aliphatic heterocycles. The van der Waals surface area contributed by atoms with E-state index in [1.165, 1.54) is 0 Å². The van der Waals surface area contributed by atoms with Crippen LogP contribution in [0.25, 0.3) is 11.1 Å². The molecular weight excluding hydrogens is 456 g/mol. The van der Waals surface area contributed by atoms with Crippen molar-refractivity contribution in [3.63, 3.8) is 0 Å². The molecule has 4 rings (SSSR count). The molecule has 0 aliphatic carbocycles. The number of carbonyl (C=O) groups is 2. The first kappa shape index (κ1) is 24.2. The van der Waals surface area contributed by atoms with E-state index in [0.29, 0.717) is 17.3 Å². The molecule has 8 nitrogen and oxygen atoms in total. The topological polar surface area (TPSA) is 121 Å². The molecule has 1 aromatic heterocycles. The van der Waals surface area contributed by atoms with Crippen LogP contribution in [0.5, 0.6) is 0 Å². The van der Waals surface area contributed by atoms with Crippen molar-refractivity contribution in [2.45, 2.75) is 19.1 Å². The first-order valence-electron chi connectivity index (χ1n) is 10.9. The molecule has 0 bridgehead atoms. The summed E-state index contributed by atoms with van der Waals surface area (Å²) in [6.07, 6.45) is -0.190. The molecule has 35 heavy (non-hydrogen) atoms. The lowest BCUT2D eigenvalue weighted by Crippen LogP contribution is -2.57. The van der Waals surface area contributed by atoms with Gasteiger partial charge < -0.3 is 26.4 Å². The van der Waals surface area contributed by atoms with Crippen LogP contribution < -0.4 is 16.4 Å². The molecule has 1 atom stereocenters. The zero-order valence-electron chi connectivity index (χ0n) is 19.2. The Morgan fingerprint density at radius 2 is 1.83 bits per heavy atom. The van der Waals surface area contributed by atoms with Gasteiger partial charge in [0.05, 0.1) is 11.6 Å². The average molecular weight is 482 g/mol. The number of hydrogen-bond donors (Lipinski definition) is 4. The monoisotopic (exact) mass is 481 g/mol. The zero-order valence-corrected chi connectivity index (χ0v) is 19.2. The maximum absolute atomic E-state index is 13.4. The van der Waals surface area contributed by atoms with Gasteiger partial charge in [-0.25, -0.2) is 13.8 Å². The van der Waals surface area contributed by atoms with Gasteiger partial charge in [-0.05, 0) is 61.0 Å². The van der Waals surface area contributed by atoms with Crippen molar-refractivity contribution in [2.75, 3.05) is 31.2 Å². The molecule has 182 valence electrons. The molecule has 10 heteroatoms. The van der Waals surface area contributed by atoms with Crippen molar-refractivity contribution in [3.8, 4) is 11.1 Å². The summed E-state index contributed by atoms with van der Waals surface area (Å²) in [5, 5.41) is 15.7. The fourth-order valence-corrected chi connectivity index (χ4v) is 4.02. The maximum Gasteiger partial charge on any atom is 0.257 e. The molecule has 2 amide bonds. The number of nitrogens with two attached hydrogens (primary N) is 1. The molecule has 5 N–H and O–H groups in total. The number of carbonyl (C=O) groups excluding carboxylic acids is 2. The van der Waals surface area contributed by atoms with Gasteiger partial charge in [0.2, 0.25) is 0 Å². The molecular formula is C25H25F2N5O3. The quantitative estimate of drug-likeness (QED) is 0.430. The second-order valence-corrected chi connectivity index (χ2v) is 8.67. The number of halogens is 2. The van der Waals surface area contributed by atoms with Gasteiger partial charge in [-0.15, -0.1) is 0 Å². The number of aliphatic hydroxyl groups is 1. The Morgan fingerprint density at radius 3 is 2.46 bits per heavy atom. The molecule has 1 fully saturated rings. The number of amides is 2. The van der Waals surface area contributed by atoms with Gasteiger partial charge in [-0.1, -0.05) is 6.07 Å².